The van der Waals surface area contributed by atoms with Crippen molar-refractivity contribution >= 4 is 5.78 Å². The number of benzene rings is 1. The Kier molecular flexibility index (Phi) is 7.86. The Hall–Kier alpha value is -3.20. The number of alkyl halides is 3. The molecule has 0 saturated carbocycles. The summed E-state index contributed by atoms with van der Waals surface area (Å²) in [5, 5.41) is 0. The van der Waals surface area contributed by atoms with Crippen molar-refractivity contribution in [3.63, 3.8) is 0 Å². The standard InChI is InChI=1S/C24H27F3N4O2/c1-16-13-30-23(18-9-10-22(29-14-18)24(25,26)27)31(16)15-19-6-3-4-8-21(19)33-11-5-7-20(28)12-17(2)32/h3-4,6,8-10,13-14,20H,5,7,11-12,15,28H2,1-2H3/t20-/m1/s1. The zero-order chi connectivity index (χ0) is 24.0. The number of hydrogen-bond acceptors (Lipinski definition) is 5. The third-order valence-corrected chi connectivity index (χ3v) is 5.19. The highest BCUT2D eigenvalue weighted by atomic mass is 19.4. The van der Waals surface area contributed by atoms with Gasteiger partial charge in [-0.25, -0.2) is 4.98 Å². The third kappa shape index (κ3) is 6.64. The van der Waals surface area contributed by atoms with E-state index in [9.17, 15) is 18.0 Å². The summed E-state index contributed by atoms with van der Waals surface area (Å²) in [6, 6.07) is 9.74. The molecule has 0 saturated heterocycles. The monoisotopic (exact) mass is 460 g/mol. The Bertz CT molecular complexity index is 1080. The fraction of sp³-hybridized carbons (Fsp3) is 0.375. The molecule has 0 fully saturated rings. The maximum atomic E-state index is 12.8. The summed E-state index contributed by atoms with van der Waals surface area (Å²) in [4.78, 5) is 19.1. The first-order chi connectivity index (χ1) is 15.6. The second kappa shape index (κ2) is 10.6. The Labute approximate surface area is 190 Å². The van der Waals surface area contributed by atoms with E-state index in [0.717, 1.165) is 23.7 Å². The van der Waals surface area contributed by atoms with E-state index in [1.54, 1.807) is 6.20 Å². The molecule has 3 rings (SSSR count). The largest absolute Gasteiger partial charge is 0.493 e. The number of carbonyl (C=O) groups is 1. The van der Waals surface area contributed by atoms with Gasteiger partial charge >= 0.3 is 6.18 Å². The van der Waals surface area contributed by atoms with Gasteiger partial charge in [0.15, 0.2) is 0 Å². The number of aryl methyl sites for hydroxylation is 1. The smallest absolute Gasteiger partial charge is 0.433 e. The zero-order valence-corrected chi connectivity index (χ0v) is 18.6. The van der Waals surface area contributed by atoms with Crippen LogP contribution in [0.3, 0.4) is 0 Å². The third-order valence-electron chi connectivity index (χ3n) is 5.19. The van der Waals surface area contributed by atoms with Crippen molar-refractivity contribution in [3.8, 4) is 17.1 Å². The molecule has 2 heterocycles. The van der Waals surface area contributed by atoms with Crippen LogP contribution in [0.15, 0.2) is 48.8 Å². The molecule has 0 aliphatic carbocycles. The van der Waals surface area contributed by atoms with Crippen molar-refractivity contribution in [1.82, 2.24) is 14.5 Å². The highest BCUT2D eigenvalue weighted by Gasteiger charge is 2.32. The number of ketones is 1. The second-order valence-corrected chi connectivity index (χ2v) is 8.00. The van der Waals surface area contributed by atoms with Gasteiger partial charge in [-0.15, -0.1) is 0 Å². The average Bonchev–Trinajstić information content (AvgIpc) is 3.11. The molecule has 33 heavy (non-hydrogen) atoms. The van der Waals surface area contributed by atoms with Crippen molar-refractivity contribution in [2.45, 2.75) is 51.9 Å². The van der Waals surface area contributed by atoms with E-state index in [4.69, 9.17) is 10.5 Å². The molecule has 2 N–H and O–H groups in total. The molecule has 6 nitrogen and oxygen atoms in total. The summed E-state index contributed by atoms with van der Waals surface area (Å²) in [7, 11) is 0. The summed E-state index contributed by atoms with van der Waals surface area (Å²) < 4.78 is 46.4. The first-order valence-corrected chi connectivity index (χ1v) is 10.7. The normalized spacial score (nSPS) is 12.5. The van der Waals surface area contributed by atoms with Crippen LogP contribution in [0.5, 0.6) is 5.75 Å². The van der Waals surface area contributed by atoms with Gasteiger partial charge in [-0.1, -0.05) is 18.2 Å². The fourth-order valence-electron chi connectivity index (χ4n) is 3.53. The van der Waals surface area contributed by atoms with E-state index in [0.29, 0.717) is 43.1 Å². The number of halogens is 3. The van der Waals surface area contributed by atoms with Crippen LogP contribution in [0.4, 0.5) is 13.2 Å². The van der Waals surface area contributed by atoms with Gasteiger partial charge in [0.1, 0.15) is 23.1 Å². The number of para-hydroxylation sites is 1. The highest BCUT2D eigenvalue weighted by Crippen LogP contribution is 2.29. The minimum absolute atomic E-state index is 0.0727. The number of Topliss-reactive ketones (excluding diaryl/α,β-unsaturated/α-hetero) is 1. The van der Waals surface area contributed by atoms with Crippen LogP contribution in [0, 0.1) is 6.92 Å². The number of hydrogen-bond donors (Lipinski definition) is 1. The highest BCUT2D eigenvalue weighted by molar-refractivity contribution is 5.76. The number of imidazole rings is 1. The summed E-state index contributed by atoms with van der Waals surface area (Å²) in [5.41, 5.74) is 7.26. The number of carbonyl (C=O) groups excluding carboxylic acids is 1. The minimum atomic E-state index is -4.49. The Morgan fingerprint density at radius 1 is 1.15 bits per heavy atom. The Morgan fingerprint density at radius 3 is 2.58 bits per heavy atom. The van der Waals surface area contributed by atoms with Gasteiger partial charge in [0.2, 0.25) is 0 Å². The first-order valence-electron chi connectivity index (χ1n) is 10.7. The lowest BCUT2D eigenvalue weighted by molar-refractivity contribution is -0.141. The van der Waals surface area contributed by atoms with Gasteiger partial charge in [-0.3, -0.25) is 9.78 Å². The Balaban J connectivity index is 1.72. The maximum Gasteiger partial charge on any atom is 0.433 e. The lowest BCUT2D eigenvalue weighted by atomic mass is 10.1. The number of aromatic nitrogens is 3. The number of pyridine rings is 1. The number of nitrogens with two attached hydrogens (primary N) is 1. The topological polar surface area (TPSA) is 83.0 Å². The zero-order valence-electron chi connectivity index (χ0n) is 18.6. The van der Waals surface area contributed by atoms with Crippen LogP contribution in [0.25, 0.3) is 11.4 Å². The molecule has 0 amide bonds. The number of rotatable bonds is 10. The Morgan fingerprint density at radius 2 is 1.91 bits per heavy atom. The van der Waals surface area contributed by atoms with Crippen molar-refractivity contribution in [2.24, 2.45) is 5.73 Å². The molecule has 1 aromatic carbocycles. The van der Waals surface area contributed by atoms with E-state index in [1.807, 2.05) is 35.8 Å². The van der Waals surface area contributed by atoms with Gasteiger partial charge < -0.3 is 15.0 Å². The SMILES string of the molecule is CC(=O)C[C@H](N)CCCOc1ccccc1Cn1c(C)cnc1-c1ccc(C(F)(F)F)nc1. The maximum absolute atomic E-state index is 12.8. The molecule has 1 atom stereocenters. The molecule has 0 spiro atoms. The molecule has 2 aromatic heterocycles. The molecular formula is C24H27F3N4O2. The van der Waals surface area contributed by atoms with E-state index >= 15 is 0 Å². The summed E-state index contributed by atoms with van der Waals surface area (Å²) in [6.45, 7) is 4.30. The minimum Gasteiger partial charge on any atom is -0.493 e. The average molecular weight is 461 g/mol. The number of nitrogens with zero attached hydrogens (tertiary/aromatic N) is 3. The summed E-state index contributed by atoms with van der Waals surface area (Å²) >= 11 is 0. The van der Waals surface area contributed by atoms with Crippen LogP contribution < -0.4 is 10.5 Å². The summed E-state index contributed by atoms with van der Waals surface area (Å²) in [5.74, 6) is 1.31. The lowest BCUT2D eigenvalue weighted by Gasteiger charge is -2.16. The fourth-order valence-corrected chi connectivity index (χ4v) is 3.53. The van der Waals surface area contributed by atoms with E-state index in [1.165, 1.54) is 19.2 Å². The van der Waals surface area contributed by atoms with E-state index in [2.05, 4.69) is 9.97 Å². The molecule has 0 bridgehead atoms. The second-order valence-electron chi connectivity index (χ2n) is 8.00. The van der Waals surface area contributed by atoms with Gasteiger partial charge in [0.25, 0.3) is 0 Å². The van der Waals surface area contributed by atoms with Crippen LogP contribution in [-0.2, 0) is 17.5 Å². The predicted molar refractivity (Wildman–Crippen MR) is 119 cm³/mol. The molecule has 0 unspecified atom stereocenters. The van der Waals surface area contributed by atoms with Crippen LogP contribution in [0.2, 0.25) is 0 Å². The number of ether oxygens (including phenoxy) is 1. The molecule has 9 heteroatoms. The van der Waals surface area contributed by atoms with Gasteiger partial charge in [-0.2, -0.15) is 13.2 Å². The van der Waals surface area contributed by atoms with Crippen molar-refractivity contribution in [1.29, 1.82) is 0 Å². The van der Waals surface area contributed by atoms with Gasteiger partial charge in [0.05, 0.1) is 13.2 Å². The van der Waals surface area contributed by atoms with Crippen LogP contribution in [0.1, 0.15) is 43.1 Å². The first kappa shape index (κ1) is 24.4. The molecule has 176 valence electrons. The van der Waals surface area contributed by atoms with Crippen molar-refractivity contribution < 1.29 is 22.7 Å². The van der Waals surface area contributed by atoms with Crippen molar-refractivity contribution in [3.05, 3.63) is 65.7 Å². The molecule has 3 aromatic rings. The summed E-state index contributed by atoms with van der Waals surface area (Å²) in [6.07, 6.45) is 0.137. The van der Waals surface area contributed by atoms with E-state index < -0.39 is 11.9 Å². The quantitative estimate of drug-likeness (QED) is 0.440. The predicted octanol–water partition coefficient (Wildman–Crippen LogP) is 4.79. The van der Waals surface area contributed by atoms with Crippen molar-refractivity contribution in [2.75, 3.05) is 6.61 Å². The van der Waals surface area contributed by atoms with Crippen LogP contribution in [-0.4, -0.2) is 33.0 Å². The lowest BCUT2D eigenvalue weighted by Crippen LogP contribution is -2.23. The molecular weight excluding hydrogens is 433 g/mol. The molecule has 0 aliphatic heterocycles. The van der Waals surface area contributed by atoms with Crippen LogP contribution >= 0.6 is 0 Å². The molecule has 0 aliphatic rings. The van der Waals surface area contributed by atoms with E-state index in [-0.39, 0.29) is 11.8 Å². The molecule has 0 radical (unpaired) electrons. The van der Waals surface area contributed by atoms with Gasteiger partial charge in [-0.05, 0) is 44.9 Å². The van der Waals surface area contributed by atoms with Gasteiger partial charge in [0, 0.05) is 41.7 Å².